The molecule has 1 saturated heterocycles. The van der Waals surface area contributed by atoms with Crippen molar-refractivity contribution in [2.24, 2.45) is 11.8 Å². The van der Waals surface area contributed by atoms with E-state index in [1.54, 1.807) is 0 Å². The number of aryl methyl sites for hydroxylation is 2. The molecule has 2 atom stereocenters. The predicted molar refractivity (Wildman–Crippen MR) is 83.5 cm³/mol. The summed E-state index contributed by atoms with van der Waals surface area (Å²) in [5.41, 5.74) is 3.72. The maximum absolute atomic E-state index is 4.68. The fourth-order valence-electron chi connectivity index (χ4n) is 3.35. The number of fused-ring (bicyclic) bond motifs is 1. The molecule has 3 heterocycles. The average Bonchev–Trinajstić information content (AvgIpc) is 2.90. The lowest BCUT2D eigenvalue weighted by Gasteiger charge is -2.20. The normalized spacial score (nSPS) is 23.4. The van der Waals surface area contributed by atoms with E-state index < -0.39 is 0 Å². The Morgan fingerprint density at radius 3 is 2.76 bits per heavy atom. The first-order chi connectivity index (χ1) is 10.2. The predicted octanol–water partition coefficient (Wildman–Crippen LogP) is 2.65. The van der Waals surface area contributed by atoms with Gasteiger partial charge in [-0.3, -0.25) is 4.68 Å². The minimum atomic E-state index is 0.810. The fourth-order valence-corrected chi connectivity index (χ4v) is 3.35. The van der Waals surface area contributed by atoms with E-state index in [4.69, 9.17) is 0 Å². The van der Waals surface area contributed by atoms with Crippen LogP contribution in [0.5, 0.6) is 0 Å². The van der Waals surface area contributed by atoms with Crippen molar-refractivity contribution in [3.05, 3.63) is 41.3 Å². The van der Waals surface area contributed by atoms with Gasteiger partial charge in [-0.15, -0.1) is 0 Å². The number of hydrogen-bond acceptors (Lipinski definition) is 3. The monoisotopic (exact) mass is 282 g/mol. The molecule has 0 spiro atoms. The van der Waals surface area contributed by atoms with Gasteiger partial charge in [0.15, 0.2) is 0 Å². The third-order valence-corrected chi connectivity index (χ3v) is 4.90. The number of rotatable bonds is 4. The van der Waals surface area contributed by atoms with Crippen LogP contribution in [0.3, 0.4) is 0 Å². The molecule has 4 nitrogen and oxygen atoms in total. The van der Waals surface area contributed by atoms with Gasteiger partial charge in [-0.05, 0) is 54.9 Å². The first-order valence-corrected chi connectivity index (χ1v) is 7.95. The standard InChI is InChI=1S/C17H22N4/c1-3-16-4-5-21(19-16)11-15-8-18-17(6-12(15)2)20-9-13-7-14(13)10-20/h4-6,8,13-14H,3,7,9-11H2,1-2H3. The molecular formula is C17H22N4. The van der Waals surface area contributed by atoms with Crippen LogP contribution >= 0.6 is 0 Å². The molecule has 2 fully saturated rings. The number of aromatic nitrogens is 3. The first-order valence-electron chi connectivity index (χ1n) is 7.95. The van der Waals surface area contributed by atoms with Crippen LogP contribution in [0, 0.1) is 18.8 Å². The third kappa shape index (κ3) is 2.43. The number of anilines is 1. The minimum absolute atomic E-state index is 0.810. The maximum Gasteiger partial charge on any atom is 0.128 e. The lowest BCUT2D eigenvalue weighted by molar-refractivity contribution is 0.668. The van der Waals surface area contributed by atoms with E-state index >= 15 is 0 Å². The SMILES string of the molecule is CCc1ccn(Cc2cnc(N3CC4CC4C3)cc2C)n1. The van der Waals surface area contributed by atoms with Crippen LogP contribution < -0.4 is 4.90 Å². The molecule has 0 bridgehead atoms. The van der Waals surface area contributed by atoms with Crippen LogP contribution in [-0.4, -0.2) is 27.9 Å². The van der Waals surface area contributed by atoms with Gasteiger partial charge in [0.2, 0.25) is 0 Å². The molecule has 0 radical (unpaired) electrons. The first kappa shape index (κ1) is 12.9. The van der Waals surface area contributed by atoms with Gasteiger partial charge < -0.3 is 4.90 Å². The lowest BCUT2D eigenvalue weighted by atomic mass is 10.1. The summed E-state index contributed by atoms with van der Waals surface area (Å²) in [4.78, 5) is 7.13. The highest BCUT2D eigenvalue weighted by Gasteiger charge is 2.45. The number of nitrogens with zero attached hydrogens (tertiary/aromatic N) is 4. The van der Waals surface area contributed by atoms with E-state index in [1.165, 1.54) is 30.6 Å². The van der Waals surface area contributed by atoms with E-state index in [9.17, 15) is 0 Å². The molecule has 110 valence electrons. The number of hydrogen-bond donors (Lipinski definition) is 0. The minimum Gasteiger partial charge on any atom is -0.356 e. The van der Waals surface area contributed by atoms with E-state index in [2.05, 4.69) is 47.2 Å². The average molecular weight is 282 g/mol. The van der Waals surface area contributed by atoms with Gasteiger partial charge in [-0.1, -0.05) is 6.92 Å². The molecular weight excluding hydrogens is 260 g/mol. The quantitative estimate of drug-likeness (QED) is 0.864. The summed E-state index contributed by atoms with van der Waals surface area (Å²) in [7, 11) is 0. The summed E-state index contributed by atoms with van der Waals surface area (Å²) in [6.45, 7) is 7.53. The second-order valence-electron chi connectivity index (χ2n) is 6.49. The molecule has 0 N–H and O–H groups in total. The molecule has 1 aliphatic heterocycles. The Balaban J connectivity index is 1.50. The van der Waals surface area contributed by atoms with Crippen molar-refractivity contribution in [2.75, 3.05) is 18.0 Å². The molecule has 0 aromatic carbocycles. The zero-order valence-corrected chi connectivity index (χ0v) is 12.8. The Morgan fingerprint density at radius 2 is 2.10 bits per heavy atom. The molecule has 4 rings (SSSR count). The Kier molecular flexibility index (Phi) is 2.98. The summed E-state index contributed by atoms with van der Waals surface area (Å²) in [6, 6.07) is 4.33. The van der Waals surface area contributed by atoms with E-state index in [-0.39, 0.29) is 0 Å². The van der Waals surface area contributed by atoms with Crippen LogP contribution in [0.1, 0.15) is 30.2 Å². The highest BCUT2D eigenvalue weighted by molar-refractivity contribution is 5.45. The van der Waals surface area contributed by atoms with Crippen molar-refractivity contribution in [3.8, 4) is 0 Å². The smallest absolute Gasteiger partial charge is 0.128 e. The largest absolute Gasteiger partial charge is 0.356 e. The summed E-state index contributed by atoms with van der Waals surface area (Å²) in [5, 5.41) is 4.56. The van der Waals surface area contributed by atoms with Crippen LogP contribution in [0.15, 0.2) is 24.5 Å². The van der Waals surface area contributed by atoms with Crippen molar-refractivity contribution >= 4 is 5.82 Å². The molecule has 2 aliphatic rings. The summed E-state index contributed by atoms with van der Waals surface area (Å²) in [5.74, 6) is 3.05. The van der Waals surface area contributed by atoms with Crippen LogP contribution in [0.4, 0.5) is 5.82 Å². The third-order valence-electron chi connectivity index (χ3n) is 4.90. The second-order valence-corrected chi connectivity index (χ2v) is 6.49. The zero-order valence-electron chi connectivity index (χ0n) is 12.8. The Hall–Kier alpha value is -1.84. The second kappa shape index (κ2) is 4.86. The Bertz CT molecular complexity index is 651. The van der Waals surface area contributed by atoms with Crippen molar-refractivity contribution in [3.63, 3.8) is 0 Å². The molecule has 4 heteroatoms. The van der Waals surface area contributed by atoms with Gasteiger partial charge >= 0.3 is 0 Å². The molecule has 21 heavy (non-hydrogen) atoms. The van der Waals surface area contributed by atoms with Crippen molar-refractivity contribution in [1.29, 1.82) is 0 Å². The Morgan fingerprint density at radius 1 is 1.29 bits per heavy atom. The van der Waals surface area contributed by atoms with Crippen molar-refractivity contribution < 1.29 is 0 Å². The van der Waals surface area contributed by atoms with Crippen molar-refractivity contribution in [2.45, 2.75) is 33.2 Å². The van der Waals surface area contributed by atoms with E-state index in [0.717, 1.165) is 36.3 Å². The molecule has 1 saturated carbocycles. The molecule has 2 aromatic heterocycles. The van der Waals surface area contributed by atoms with Gasteiger partial charge in [0.25, 0.3) is 0 Å². The van der Waals surface area contributed by atoms with Crippen LogP contribution in [0.2, 0.25) is 0 Å². The van der Waals surface area contributed by atoms with Crippen LogP contribution in [-0.2, 0) is 13.0 Å². The zero-order chi connectivity index (χ0) is 14.4. The molecule has 2 unspecified atom stereocenters. The molecule has 1 aliphatic carbocycles. The van der Waals surface area contributed by atoms with Crippen molar-refractivity contribution in [1.82, 2.24) is 14.8 Å². The van der Waals surface area contributed by atoms with Gasteiger partial charge in [0.05, 0.1) is 12.2 Å². The molecule has 0 amide bonds. The summed E-state index contributed by atoms with van der Waals surface area (Å²) in [6.07, 6.45) is 6.51. The van der Waals surface area contributed by atoms with Gasteiger partial charge in [-0.2, -0.15) is 5.10 Å². The topological polar surface area (TPSA) is 34.0 Å². The molecule has 2 aromatic rings. The highest BCUT2D eigenvalue weighted by atomic mass is 15.3. The maximum atomic E-state index is 4.68. The Labute approximate surface area is 125 Å². The number of pyridine rings is 1. The lowest BCUT2D eigenvalue weighted by Crippen LogP contribution is -2.23. The van der Waals surface area contributed by atoms with E-state index in [0.29, 0.717) is 0 Å². The summed E-state index contributed by atoms with van der Waals surface area (Å²) >= 11 is 0. The summed E-state index contributed by atoms with van der Waals surface area (Å²) < 4.78 is 2.01. The van der Waals surface area contributed by atoms with E-state index in [1.807, 2.05) is 10.9 Å². The highest BCUT2D eigenvalue weighted by Crippen LogP contribution is 2.45. The van der Waals surface area contributed by atoms with Gasteiger partial charge in [-0.25, -0.2) is 4.98 Å². The number of piperidine rings is 1. The fraction of sp³-hybridized carbons (Fsp3) is 0.529. The van der Waals surface area contributed by atoms with Gasteiger partial charge in [0, 0.05) is 25.5 Å². The van der Waals surface area contributed by atoms with Gasteiger partial charge in [0.1, 0.15) is 5.82 Å². The van der Waals surface area contributed by atoms with Crippen LogP contribution in [0.25, 0.3) is 0 Å².